The summed E-state index contributed by atoms with van der Waals surface area (Å²) in [5.41, 5.74) is 0. The van der Waals surface area contributed by atoms with Crippen LogP contribution in [0.2, 0.25) is 0 Å². The Morgan fingerprint density at radius 2 is 1.62 bits per heavy atom. The summed E-state index contributed by atoms with van der Waals surface area (Å²) in [6.45, 7) is 6.50. The molecule has 0 amide bonds. The Kier molecular flexibility index (Phi) is 31.4. The van der Waals surface area contributed by atoms with Gasteiger partial charge in [0.15, 0.2) is 0 Å². The zero-order chi connectivity index (χ0) is 6.28. The summed E-state index contributed by atoms with van der Waals surface area (Å²) in [6.07, 6.45) is -0.333. The van der Waals surface area contributed by atoms with Crippen LogP contribution in [0.15, 0.2) is 12.7 Å². The fourth-order valence-corrected chi connectivity index (χ4v) is 0. The Labute approximate surface area is 60.2 Å². The van der Waals surface area contributed by atoms with Crippen molar-refractivity contribution in [3.8, 4) is 0 Å². The molecule has 2 N–H and O–H groups in total. The van der Waals surface area contributed by atoms with Crippen molar-refractivity contribution in [2.45, 2.75) is 0 Å². The third kappa shape index (κ3) is 402. The summed E-state index contributed by atoms with van der Waals surface area (Å²) in [5.74, 6) is 0. The Hall–Kier alpha value is -0.523. The van der Waals surface area contributed by atoms with E-state index in [1.54, 1.807) is 0 Å². The first-order valence-electron chi connectivity index (χ1n) is 1.47. The van der Waals surface area contributed by atoms with E-state index in [2.05, 4.69) is 13.5 Å². The second kappa shape index (κ2) is 16.1. The molecule has 0 bridgehead atoms. The van der Waals surface area contributed by atoms with E-state index in [1.807, 2.05) is 0 Å². The largest absolute Gasteiger partial charge is 1.00 e. The van der Waals surface area contributed by atoms with Crippen LogP contribution in [0.4, 0.5) is 4.79 Å². The maximum atomic E-state index is 8.56. The van der Waals surface area contributed by atoms with Gasteiger partial charge in [0.1, 0.15) is 0 Å². The fourth-order valence-electron chi connectivity index (χ4n) is 0. The minimum absolute atomic E-state index is 0. The van der Waals surface area contributed by atoms with Crippen LogP contribution < -0.4 is 18.9 Å². The first-order valence-corrected chi connectivity index (χ1v) is 1.47. The fraction of sp³-hybridized carbons (Fsp3) is 0. The summed E-state index contributed by atoms with van der Waals surface area (Å²) in [7, 11) is 0. The van der Waals surface area contributed by atoms with Gasteiger partial charge in [-0.05, 0) is 0 Å². The second-order valence-corrected chi connectivity index (χ2v) is 0.571. The molecule has 0 rings (SSSR count). The molecule has 4 heteroatoms. The smallest absolute Gasteiger partial charge is 0.450 e. The van der Waals surface area contributed by atoms with Crippen molar-refractivity contribution in [2.24, 2.45) is 0 Å². The number of rotatable bonds is 0. The quantitative estimate of drug-likeness (QED) is 0.286. The molecular weight excluding hydrogens is 103 g/mol. The summed E-state index contributed by atoms with van der Waals surface area (Å²) in [4.78, 5) is 8.56. The number of carboxylic acid groups (broad SMARTS) is 2. The molecule has 42 valence electrons. The van der Waals surface area contributed by atoms with E-state index < -0.39 is 6.16 Å². The third-order valence-corrected chi connectivity index (χ3v) is 0. The second-order valence-electron chi connectivity index (χ2n) is 0.571. The maximum Gasteiger partial charge on any atom is 1.00 e. The summed E-state index contributed by atoms with van der Waals surface area (Å²) in [6, 6.07) is 0. The predicted octanol–water partition coefficient (Wildman–Crippen LogP) is -1.77. The molecule has 0 aromatic rings. The van der Waals surface area contributed by atoms with Crippen LogP contribution in [0.3, 0.4) is 0 Å². The predicted molar refractivity (Wildman–Crippen MR) is 26.2 cm³/mol. The van der Waals surface area contributed by atoms with Crippen LogP contribution in [0.25, 0.3) is 0 Å². The average Bonchev–Trinajstić information content (AvgIpc) is 1.33. The Morgan fingerprint density at radius 3 is 1.62 bits per heavy atom. The maximum absolute atomic E-state index is 8.56. The molecule has 0 radical (unpaired) electrons. The van der Waals surface area contributed by atoms with Crippen molar-refractivity contribution in [3.63, 3.8) is 0 Å². The van der Waals surface area contributed by atoms with E-state index in [0.717, 1.165) is 0 Å². The molecule has 0 aliphatic carbocycles. The van der Waals surface area contributed by atoms with Gasteiger partial charge in [-0.2, -0.15) is 0 Å². The van der Waals surface area contributed by atoms with E-state index in [9.17, 15) is 0 Å². The van der Waals surface area contributed by atoms with E-state index in [-0.39, 0.29) is 18.9 Å². The van der Waals surface area contributed by atoms with Gasteiger partial charge in [0, 0.05) is 0 Å². The van der Waals surface area contributed by atoms with Crippen LogP contribution >= 0.6 is 0 Å². The average molecular weight is 110 g/mol. The topological polar surface area (TPSA) is 57.5 Å². The molecule has 0 aromatic heterocycles. The monoisotopic (exact) mass is 110 g/mol. The molecule has 0 spiro atoms. The molecule has 0 saturated carbocycles. The van der Waals surface area contributed by atoms with Gasteiger partial charge in [-0.15, -0.1) is 0 Å². The van der Waals surface area contributed by atoms with Gasteiger partial charge in [-0.3, -0.25) is 0 Å². The minimum atomic E-state index is -1.83. The first kappa shape index (κ1) is 15.6. The summed E-state index contributed by atoms with van der Waals surface area (Å²) < 4.78 is 0. The number of carbonyl (C=O) groups is 1. The van der Waals surface area contributed by atoms with Crippen molar-refractivity contribution in [2.75, 3.05) is 0 Å². The number of allylic oxidation sites excluding steroid dienone is 1. The molecule has 8 heavy (non-hydrogen) atoms. The van der Waals surface area contributed by atoms with Gasteiger partial charge in [0.25, 0.3) is 0 Å². The van der Waals surface area contributed by atoms with Crippen molar-refractivity contribution in [1.82, 2.24) is 0 Å². The summed E-state index contributed by atoms with van der Waals surface area (Å²) >= 11 is 0. The van der Waals surface area contributed by atoms with Gasteiger partial charge < -0.3 is 10.2 Å². The zero-order valence-electron chi connectivity index (χ0n) is 4.79. The standard InChI is InChI=1S/C3H5.CH2O3.Li/c1-3-2;2-1(3)4;/h3H,1-2H2;(H2,2,3,4);/q-1;;+1. The van der Waals surface area contributed by atoms with Gasteiger partial charge in [0.2, 0.25) is 0 Å². The zero-order valence-corrected chi connectivity index (χ0v) is 4.79. The van der Waals surface area contributed by atoms with Gasteiger partial charge >= 0.3 is 25.0 Å². The summed E-state index contributed by atoms with van der Waals surface area (Å²) in [5, 5.41) is 13.9. The minimum Gasteiger partial charge on any atom is -0.450 e. The van der Waals surface area contributed by atoms with Crippen LogP contribution in [0.1, 0.15) is 0 Å². The molecule has 0 atom stereocenters. The van der Waals surface area contributed by atoms with Crippen molar-refractivity contribution < 1.29 is 33.9 Å². The first-order chi connectivity index (χ1) is 3.15. The van der Waals surface area contributed by atoms with Crippen molar-refractivity contribution in [1.29, 1.82) is 0 Å². The van der Waals surface area contributed by atoms with E-state index in [1.165, 1.54) is 6.08 Å². The normalized spacial score (nSPS) is 4.50. The third-order valence-electron chi connectivity index (χ3n) is 0. The molecule has 0 aromatic carbocycles. The molecule has 3 nitrogen and oxygen atoms in total. The van der Waals surface area contributed by atoms with Gasteiger partial charge in [-0.25, -0.2) is 24.4 Å². The molecule has 0 fully saturated rings. The van der Waals surface area contributed by atoms with E-state index in [4.69, 9.17) is 15.0 Å². The van der Waals surface area contributed by atoms with Crippen molar-refractivity contribution in [3.05, 3.63) is 19.6 Å². The SMILES string of the molecule is C=C[CH2-].O=C(O)O.[Li+]. The van der Waals surface area contributed by atoms with E-state index >= 15 is 0 Å². The molecule has 0 aliphatic heterocycles. The van der Waals surface area contributed by atoms with Crippen LogP contribution in [0.5, 0.6) is 0 Å². The molecule has 0 unspecified atom stereocenters. The molecule has 0 saturated heterocycles. The number of hydrogen-bond donors (Lipinski definition) is 2. The van der Waals surface area contributed by atoms with Crippen LogP contribution in [-0.4, -0.2) is 16.4 Å². The van der Waals surface area contributed by atoms with Crippen molar-refractivity contribution >= 4 is 6.16 Å². The Balaban J connectivity index is -0.0000000575. The van der Waals surface area contributed by atoms with Crippen LogP contribution in [-0.2, 0) is 0 Å². The Bertz CT molecular complexity index is 58.3. The molecular formula is C4H7LiO3. The van der Waals surface area contributed by atoms with Crippen LogP contribution in [0, 0.1) is 6.92 Å². The van der Waals surface area contributed by atoms with Gasteiger partial charge in [-0.1, -0.05) is 0 Å². The molecule has 0 aliphatic rings. The Morgan fingerprint density at radius 1 is 1.62 bits per heavy atom. The van der Waals surface area contributed by atoms with Gasteiger partial charge in [0.05, 0.1) is 0 Å². The molecule has 0 heterocycles. The van der Waals surface area contributed by atoms with E-state index in [0.29, 0.717) is 0 Å². The number of hydrogen-bond acceptors (Lipinski definition) is 1.